The van der Waals surface area contributed by atoms with Gasteiger partial charge in [0.1, 0.15) is 0 Å². The first-order chi connectivity index (χ1) is 7.41. The van der Waals surface area contributed by atoms with Gasteiger partial charge >= 0.3 is 0 Å². The van der Waals surface area contributed by atoms with Crippen molar-refractivity contribution in [2.24, 2.45) is 0 Å². The maximum atomic E-state index is 6.24. The topological polar surface area (TPSA) is 29.9 Å². The van der Waals surface area contributed by atoms with E-state index in [2.05, 4.69) is 38.1 Å². The summed E-state index contributed by atoms with van der Waals surface area (Å²) in [6.07, 6.45) is 1.09. The molecule has 1 aromatic rings. The molecule has 0 unspecified atom stereocenters. The Hall–Kier alpha value is -0.540. The first kappa shape index (κ1) is 13.5. The highest BCUT2D eigenvalue weighted by atomic mass is 35.5. The van der Waals surface area contributed by atoms with Crippen LogP contribution in [0.3, 0.4) is 0 Å². The van der Waals surface area contributed by atoms with E-state index >= 15 is 0 Å². The summed E-state index contributed by atoms with van der Waals surface area (Å²) < 4.78 is 1.97. The normalized spacial score (nSPS) is 12.1. The second-order valence-corrected chi connectivity index (χ2v) is 5.13. The van der Waals surface area contributed by atoms with Crippen LogP contribution in [0.15, 0.2) is 0 Å². The van der Waals surface area contributed by atoms with Crippen LogP contribution in [0.25, 0.3) is 0 Å². The molecule has 0 bridgehead atoms. The molecule has 0 saturated carbocycles. The van der Waals surface area contributed by atoms with E-state index in [1.807, 2.05) is 11.6 Å². The molecule has 1 rings (SSSR count). The Morgan fingerprint density at radius 3 is 2.50 bits per heavy atom. The molecule has 1 aromatic heterocycles. The average molecular weight is 244 g/mol. The molecule has 0 radical (unpaired) electrons. The molecular formula is C12H22ClN3. The van der Waals surface area contributed by atoms with Gasteiger partial charge in [0, 0.05) is 18.6 Å². The lowest BCUT2D eigenvalue weighted by molar-refractivity contribution is 0.367. The summed E-state index contributed by atoms with van der Waals surface area (Å²) in [5, 5.41) is 8.70. The van der Waals surface area contributed by atoms with Crippen LogP contribution in [-0.4, -0.2) is 15.3 Å². The third-order valence-corrected chi connectivity index (χ3v) is 3.56. The van der Waals surface area contributed by atoms with E-state index in [4.69, 9.17) is 11.6 Å². The summed E-state index contributed by atoms with van der Waals surface area (Å²) in [7, 11) is 0. The van der Waals surface area contributed by atoms with Crippen LogP contribution in [-0.2, 0) is 13.1 Å². The van der Waals surface area contributed by atoms with Crippen LogP contribution in [0.4, 0.5) is 0 Å². The zero-order valence-corrected chi connectivity index (χ0v) is 11.6. The third kappa shape index (κ3) is 2.98. The molecule has 0 aliphatic rings. The summed E-state index contributed by atoms with van der Waals surface area (Å²) in [5.41, 5.74) is 2.14. The molecule has 4 heteroatoms. The fourth-order valence-corrected chi connectivity index (χ4v) is 1.69. The first-order valence-corrected chi connectivity index (χ1v) is 6.26. The van der Waals surface area contributed by atoms with Gasteiger partial charge in [0.15, 0.2) is 0 Å². The third-order valence-electron chi connectivity index (χ3n) is 3.07. The maximum absolute atomic E-state index is 6.24. The fourth-order valence-electron chi connectivity index (χ4n) is 1.49. The van der Waals surface area contributed by atoms with Crippen molar-refractivity contribution in [1.82, 2.24) is 15.1 Å². The smallest absolute Gasteiger partial charge is 0.0860 e. The number of rotatable bonds is 5. The van der Waals surface area contributed by atoms with Gasteiger partial charge in [-0.1, -0.05) is 18.5 Å². The van der Waals surface area contributed by atoms with Gasteiger partial charge in [-0.3, -0.25) is 4.68 Å². The fraction of sp³-hybridized carbons (Fsp3) is 0.750. The number of hydrogen-bond acceptors (Lipinski definition) is 2. The zero-order valence-electron chi connectivity index (χ0n) is 10.9. The van der Waals surface area contributed by atoms with Gasteiger partial charge in [-0.15, -0.1) is 0 Å². The minimum Gasteiger partial charge on any atom is -0.306 e. The molecule has 1 heterocycles. The Bertz CT molecular complexity index is 355. The van der Waals surface area contributed by atoms with Crippen LogP contribution in [0.1, 0.15) is 45.5 Å². The standard InChI is InChI=1S/C12H22ClN3/c1-6-12(4,5)14-8-10-11(13)9(3)15-16(10)7-2/h14H,6-8H2,1-5H3. The van der Waals surface area contributed by atoms with E-state index in [0.717, 1.165) is 35.9 Å². The summed E-state index contributed by atoms with van der Waals surface area (Å²) in [6, 6.07) is 0. The number of halogens is 1. The van der Waals surface area contributed by atoms with E-state index in [1.54, 1.807) is 0 Å². The largest absolute Gasteiger partial charge is 0.306 e. The molecule has 0 atom stereocenters. The highest BCUT2D eigenvalue weighted by molar-refractivity contribution is 6.31. The lowest BCUT2D eigenvalue weighted by atomic mass is 10.0. The van der Waals surface area contributed by atoms with Gasteiger partial charge in [-0.2, -0.15) is 5.10 Å². The van der Waals surface area contributed by atoms with E-state index in [1.165, 1.54) is 0 Å². The van der Waals surface area contributed by atoms with Crippen molar-refractivity contribution < 1.29 is 0 Å². The van der Waals surface area contributed by atoms with Gasteiger partial charge in [-0.05, 0) is 34.1 Å². The molecule has 0 fully saturated rings. The monoisotopic (exact) mass is 243 g/mol. The van der Waals surface area contributed by atoms with Crippen LogP contribution in [0, 0.1) is 6.92 Å². The molecule has 0 amide bonds. The summed E-state index contributed by atoms with van der Waals surface area (Å²) in [5.74, 6) is 0. The highest BCUT2D eigenvalue weighted by Crippen LogP contribution is 2.21. The van der Waals surface area contributed by atoms with Crippen LogP contribution < -0.4 is 5.32 Å². The van der Waals surface area contributed by atoms with Crippen LogP contribution >= 0.6 is 11.6 Å². The SMILES string of the molecule is CCn1nc(C)c(Cl)c1CNC(C)(C)CC. The minimum atomic E-state index is 0.139. The van der Waals surface area contributed by atoms with Gasteiger partial charge < -0.3 is 5.32 Å². The molecule has 92 valence electrons. The van der Waals surface area contributed by atoms with Crippen LogP contribution in [0.5, 0.6) is 0 Å². The second-order valence-electron chi connectivity index (χ2n) is 4.75. The van der Waals surface area contributed by atoms with Crippen LogP contribution in [0.2, 0.25) is 5.02 Å². The Morgan fingerprint density at radius 2 is 2.00 bits per heavy atom. The summed E-state index contributed by atoms with van der Waals surface area (Å²) in [4.78, 5) is 0. The maximum Gasteiger partial charge on any atom is 0.0860 e. The first-order valence-electron chi connectivity index (χ1n) is 5.88. The zero-order chi connectivity index (χ0) is 12.3. The van der Waals surface area contributed by atoms with Crippen molar-refractivity contribution in [3.05, 3.63) is 16.4 Å². The predicted octanol–water partition coefficient (Wildman–Crippen LogP) is 3.14. The molecule has 0 spiro atoms. The van der Waals surface area contributed by atoms with E-state index in [0.29, 0.717) is 0 Å². The lowest BCUT2D eigenvalue weighted by Gasteiger charge is -2.24. The van der Waals surface area contributed by atoms with Crippen molar-refractivity contribution in [2.45, 2.75) is 59.7 Å². The quantitative estimate of drug-likeness (QED) is 0.861. The van der Waals surface area contributed by atoms with Crippen molar-refractivity contribution in [3.8, 4) is 0 Å². The molecule has 0 aliphatic carbocycles. The van der Waals surface area contributed by atoms with Gasteiger partial charge in [0.2, 0.25) is 0 Å². The molecule has 0 saturated heterocycles. The average Bonchev–Trinajstić information content (AvgIpc) is 2.52. The van der Waals surface area contributed by atoms with Crippen molar-refractivity contribution in [1.29, 1.82) is 0 Å². The van der Waals surface area contributed by atoms with Crippen molar-refractivity contribution in [3.63, 3.8) is 0 Å². The number of nitrogens with one attached hydrogen (secondary N) is 1. The number of aryl methyl sites for hydroxylation is 2. The highest BCUT2D eigenvalue weighted by Gasteiger charge is 2.17. The van der Waals surface area contributed by atoms with Gasteiger partial charge in [0.05, 0.1) is 16.4 Å². The molecule has 16 heavy (non-hydrogen) atoms. The number of hydrogen-bond donors (Lipinski definition) is 1. The Kier molecular flexibility index (Phi) is 4.39. The summed E-state index contributed by atoms with van der Waals surface area (Å²) in [6.45, 7) is 12.2. The molecule has 3 nitrogen and oxygen atoms in total. The van der Waals surface area contributed by atoms with E-state index in [-0.39, 0.29) is 5.54 Å². The lowest BCUT2D eigenvalue weighted by Crippen LogP contribution is -2.38. The minimum absolute atomic E-state index is 0.139. The van der Waals surface area contributed by atoms with Gasteiger partial charge in [-0.25, -0.2) is 0 Å². The molecule has 0 aromatic carbocycles. The van der Waals surface area contributed by atoms with Crippen molar-refractivity contribution >= 4 is 11.6 Å². The molecule has 0 aliphatic heterocycles. The van der Waals surface area contributed by atoms with E-state index in [9.17, 15) is 0 Å². The number of aromatic nitrogens is 2. The Labute approximate surface area is 103 Å². The number of nitrogens with zero attached hydrogens (tertiary/aromatic N) is 2. The second kappa shape index (κ2) is 5.19. The van der Waals surface area contributed by atoms with Crippen molar-refractivity contribution in [2.75, 3.05) is 0 Å². The van der Waals surface area contributed by atoms with Gasteiger partial charge in [0.25, 0.3) is 0 Å². The molecule has 1 N–H and O–H groups in total. The Balaban J connectivity index is 2.81. The predicted molar refractivity (Wildman–Crippen MR) is 68.9 cm³/mol. The Morgan fingerprint density at radius 1 is 1.38 bits per heavy atom. The molecular weight excluding hydrogens is 222 g/mol. The summed E-state index contributed by atoms with van der Waals surface area (Å²) >= 11 is 6.24. The van der Waals surface area contributed by atoms with E-state index < -0.39 is 0 Å².